The van der Waals surface area contributed by atoms with Crippen LogP contribution in [-0.2, 0) is 14.8 Å². The minimum absolute atomic E-state index is 0.0215. The quantitative estimate of drug-likeness (QED) is 0.717. The molecule has 0 bridgehead atoms. The van der Waals surface area contributed by atoms with E-state index < -0.39 is 15.3 Å². The van der Waals surface area contributed by atoms with Gasteiger partial charge in [-0.1, -0.05) is 19.6 Å². The molecule has 3 rings (SSSR count). The van der Waals surface area contributed by atoms with E-state index in [0.717, 1.165) is 0 Å². The summed E-state index contributed by atoms with van der Waals surface area (Å²) in [6.45, 7) is 6.99. The van der Waals surface area contributed by atoms with Gasteiger partial charge in [0.05, 0.1) is 5.25 Å². The van der Waals surface area contributed by atoms with Gasteiger partial charge in [-0.25, -0.2) is 12.7 Å². The summed E-state index contributed by atoms with van der Waals surface area (Å²) < 4.78 is 27.8. The van der Waals surface area contributed by atoms with Crippen LogP contribution in [0.4, 0.5) is 0 Å². The largest absolute Gasteiger partial charge is 0.349 e. The maximum Gasteiger partial charge on any atom is 0.272 e. The number of hydrogen-bond acceptors (Lipinski definition) is 5. The first-order valence-electron chi connectivity index (χ1n) is 9.95. The average molecular weight is 421 g/mol. The number of rotatable bonds is 5. The Labute approximate surface area is 172 Å². The number of nitrogens with one attached hydrogen (secondary N) is 1. The van der Waals surface area contributed by atoms with Crippen molar-refractivity contribution < 1.29 is 18.0 Å². The predicted octanol–water partition coefficient (Wildman–Crippen LogP) is 1.03. The number of carbonyl (C=O) groups is 2. The minimum Gasteiger partial charge on any atom is -0.349 e. The molecule has 2 unspecified atom stereocenters. The molecule has 29 heavy (non-hydrogen) atoms. The van der Waals surface area contributed by atoms with E-state index in [1.165, 1.54) is 6.08 Å². The number of likely N-dealkylation sites (tertiary alicyclic amines) is 1. The van der Waals surface area contributed by atoms with Crippen LogP contribution < -0.4 is 5.32 Å². The van der Waals surface area contributed by atoms with Gasteiger partial charge in [0, 0.05) is 38.4 Å². The van der Waals surface area contributed by atoms with E-state index in [1.54, 1.807) is 33.6 Å². The molecule has 0 saturated carbocycles. The fourth-order valence-electron chi connectivity index (χ4n) is 4.01. The molecule has 8 nitrogen and oxygen atoms in total. The van der Waals surface area contributed by atoms with Crippen molar-refractivity contribution in [2.45, 2.75) is 37.5 Å². The van der Waals surface area contributed by atoms with Gasteiger partial charge in [0.15, 0.2) is 0 Å². The van der Waals surface area contributed by atoms with Gasteiger partial charge in [-0.15, -0.1) is 0 Å². The van der Waals surface area contributed by atoms with Gasteiger partial charge in [0.1, 0.15) is 5.69 Å². The molecule has 2 atom stereocenters. The second-order valence-electron chi connectivity index (χ2n) is 7.69. The number of hydrogen-bond donors (Lipinski definition) is 1. The zero-order valence-electron chi connectivity index (χ0n) is 16.7. The number of nitrogens with zero attached hydrogens (tertiary/aromatic N) is 3. The summed E-state index contributed by atoms with van der Waals surface area (Å²) in [6, 6.07) is 5.13. The summed E-state index contributed by atoms with van der Waals surface area (Å²) in [7, 11) is -3.44. The van der Waals surface area contributed by atoms with Gasteiger partial charge in [-0.3, -0.25) is 14.6 Å². The fourth-order valence-corrected chi connectivity index (χ4v) is 6.04. The van der Waals surface area contributed by atoms with Gasteiger partial charge < -0.3 is 10.2 Å². The third-order valence-corrected chi connectivity index (χ3v) is 8.14. The highest BCUT2D eigenvalue weighted by Gasteiger charge is 2.39. The third-order valence-electron chi connectivity index (χ3n) is 5.78. The molecule has 0 spiro atoms. The number of amides is 2. The van der Waals surface area contributed by atoms with E-state index in [2.05, 4.69) is 16.9 Å². The van der Waals surface area contributed by atoms with Crippen molar-refractivity contribution in [1.82, 2.24) is 19.5 Å². The van der Waals surface area contributed by atoms with Gasteiger partial charge in [0.2, 0.25) is 15.9 Å². The highest BCUT2D eigenvalue weighted by atomic mass is 32.2. The van der Waals surface area contributed by atoms with Crippen LogP contribution in [0, 0.1) is 5.92 Å². The van der Waals surface area contributed by atoms with Crippen LogP contribution >= 0.6 is 0 Å². The van der Waals surface area contributed by atoms with Crippen molar-refractivity contribution in [3.05, 3.63) is 42.7 Å². The second-order valence-corrected chi connectivity index (χ2v) is 9.91. The monoisotopic (exact) mass is 420 g/mol. The molecule has 1 aromatic heterocycles. The van der Waals surface area contributed by atoms with E-state index in [0.29, 0.717) is 51.1 Å². The summed E-state index contributed by atoms with van der Waals surface area (Å²) in [5.41, 5.74) is 0.381. The Bertz CT molecular complexity index is 850. The molecule has 2 saturated heterocycles. The Kier molecular flexibility index (Phi) is 6.69. The van der Waals surface area contributed by atoms with Crippen molar-refractivity contribution in [1.29, 1.82) is 0 Å². The molecule has 158 valence electrons. The standard InChI is InChI=1S/C20H28N4O4S/c1-3-19(25)22-17-9-13-24(14-15(17)2)29(27,28)16-7-11-23(12-8-16)20(26)18-6-4-5-10-21-18/h3-6,10,15-17H,1,7-9,11-14H2,2H3,(H,22,25). The van der Waals surface area contributed by atoms with Crippen LogP contribution in [0.25, 0.3) is 0 Å². The number of sulfonamides is 1. The predicted molar refractivity (Wildman–Crippen MR) is 110 cm³/mol. The highest BCUT2D eigenvalue weighted by Crippen LogP contribution is 2.26. The smallest absolute Gasteiger partial charge is 0.272 e. The molecule has 2 aliphatic heterocycles. The number of piperidine rings is 2. The summed E-state index contributed by atoms with van der Waals surface area (Å²) in [5, 5.41) is 2.39. The zero-order chi connectivity index (χ0) is 21.0. The maximum absolute atomic E-state index is 13.1. The summed E-state index contributed by atoms with van der Waals surface area (Å²) in [6.07, 6.45) is 4.23. The van der Waals surface area contributed by atoms with Crippen molar-refractivity contribution in [2.75, 3.05) is 26.2 Å². The van der Waals surface area contributed by atoms with Crippen molar-refractivity contribution >= 4 is 21.8 Å². The second kappa shape index (κ2) is 9.04. The van der Waals surface area contributed by atoms with Gasteiger partial charge >= 0.3 is 0 Å². The van der Waals surface area contributed by atoms with E-state index in [9.17, 15) is 18.0 Å². The molecule has 1 aromatic rings. The Balaban J connectivity index is 1.57. The molecule has 0 radical (unpaired) electrons. The van der Waals surface area contributed by atoms with Crippen LogP contribution in [0.3, 0.4) is 0 Å². The lowest BCUT2D eigenvalue weighted by molar-refractivity contribution is -0.117. The molecule has 2 fully saturated rings. The van der Waals surface area contributed by atoms with Crippen LogP contribution in [0.2, 0.25) is 0 Å². The molecule has 9 heteroatoms. The number of pyridine rings is 1. The third kappa shape index (κ3) is 4.84. The van der Waals surface area contributed by atoms with E-state index in [4.69, 9.17) is 0 Å². The fraction of sp³-hybridized carbons (Fsp3) is 0.550. The first-order valence-corrected chi connectivity index (χ1v) is 11.5. The van der Waals surface area contributed by atoms with Crippen LogP contribution in [0.5, 0.6) is 0 Å². The van der Waals surface area contributed by atoms with Crippen molar-refractivity contribution in [3.63, 3.8) is 0 Å². The van der Waals surface area contributed by atoms with Crippen molar-refractivity contribution in [3.8, 4) is 0 Å². The molecule has 0 aromatic carbocycles. The number of carbonyl (C=O) groups excluding carboxylic acids is 2. The Hall–Kier alpha value is -2.26. The van der Waals surface area contributed by atoms with E-state index >= 15 is 0 Å². The maximum atomic E-state index is 13.1. The zero-order valence-corrected chi connectivity index (χ0v) is 17.5. The minimum atomic E-state index is -3.44. The highest BCUT2D eigenvalue weighted by molar-refractivity contribution is 7.89. The first-order chi connectivity index (χ1) is 13.8. The van der Waals surface area contributed by atoms with Crippen molar-refractivity contribution in [2.24, 2.45) is 5.92 Å². The summed E-state index contributed by atoms with van der Waals surface area (Å²) in [5.74, 6) is -0.370. The molecular formula is C20H28N4O4S. The topological polar surface area (TPSA) is 99.7 Å². The van der Waals surface area contributed by atoms with E-state index in [-0.39, 0.29) is 23.8 Å². The van der Waals surface area contributed by atoms with Gasteiger partial charge in [-0.2, -0.15) is 0 Å². The molecule has 1 N–H and O–H groups in total. The van der Waals surface area contributed by atoms with Gasteiger partial charge in [0.25, 0.3) is 5.91 Å². The van der Waals surface area contributed by atoms with Gasteiger partial charge in [-0.05, 0) is 43.4 Å². The Morgan fingerprint density at radius 3 is 2.52 bits per heavy atom. The molecular weight excluding hydrogens is 392 g/mol. The lowest BCUT2D eigenvalue weighted by Crippen LogP contribution is -2.54. The first kappa shape index (κ1) is 21.4. The van der Waals surface area contributed by atoms with E-state index in [1.807, 2.05) is 6.92 Å². The normalized spacial score (nSPS) is 24.1. The summed E-state index contributed by atoms with van der Waals surface area (Å²) >= 11 is 0. The Morgan fingerprint density at radius 1 is 1.21 bits per heavy atom. The summed E-state index contributed by atoms with van der Waals surface area (Å²) in [4.78, 5) is 29.8. The molecule has 2 aliphatic rings. The molecule has 2 amide bonds. The Morgan fingerprint density at radius 2 is 1.93 bits per heavy atom. The van der Waals surface area contributed by atoms with Crippen LogP contribution in [0.15, 0.2) is 37.1 Å². The lowest BCUT2D eigenvalue weighted by Gasteiger charge is -2.39. The number of aromatic nitrogens is 1. The lowest BCUT2D eigenvalue weighted by atomic mass is 9.95. The average Bonchev–Trinajstić information content (AvgIpc) is 2.75. The molecule has 0 aliphatic carbocycles. The van der Waals surface area contributed by atoms with Crippen LogP contribution in [-0.4, -0.2) is 71.9 Å². The molecule has 3 heterocycles. The SMILES string of the molecule is C=CC(=O)NC1CCN(S(=O)(=O)C2CCN(C(=O)c3ccccn3)CC2)CC1C. The van der Waals surface area contributed by atoms with Crippen LogP contribution in [0.1, 0.15) is 36.7 Å².